The van der Waals surface area contributed by atoms with E-state index in [0.29, 0.717) is 30.8 Å². The Kier molecular flexibility index (Phi) is 10.6. The van der Waals surface area contributed by atoms with Gasteiger partial charge in [-0.1, -0.05) is 17.3 Å². The maximum atomic E-state index is 12.6. The number of benzene rings is 1. The highest BCUT2D eigenvalue weighted by atomic mass is 35.5. The maximum absolute atomic E-state index is 12.6. The fraction of sp³-hybridized carbons (Fsp3) is 0.533. The third-order valence-electron chi connectivity index (χ3n) is 2.94. The lowest BCUT2D eigenvalue weighted by atomic mass is 10.0. The van der Waals surface area contributed by atoms with E-state index in [2.05, 4.69) is 5.16 Å². The lowest BCUT2D eigenvalue weighted by Crippen LogP contribution is -2.09. The fourth-order valence-electron chi connectivity index (χ4n) is 1.81. The van der Waals surface area contributed by atoms with Gasteiger partial charge in [0.25, 0.3) is 0 Å². The lowest BCUT2D eigenvalue weighted by molar-refractivity contribution is -0.137. The van der Waals surface area contributed by atoms with Gasteiger partial charge in [0.15, 0.2) is 0 Å². The first kappa shape index (κ1) is 21.7. The highest BCUT2D eigenvalue weighted by Crippen LogP contribution is 2.29. The van der Waals surface area contributed by atoms with Crippen molar-refractivity contribution < 1.29 is 22.7 Å². The first-order valence-electron chi connectivity index (χ1n) is 7.04. The van der Waals surface area contributed by atoms with Crippen molar-refractivity contribution in [2.75, 3.05) is 26.9 Å². The van der Waals surface area contributed by atoms with Crippen LogP contribution < -0.4 is 5.73 Å². The molecule has 0 atom stereocenters. The zero-order chi connectivity index (χ0) is 16.4. The van der Waals surface area contributed by atoms with Crippen molar-refractivity contribution in [2.45, 2.75) is 25.4 Å². The number of unbranched alkanes of at least 4 members (excludes halogenated alkanes) is 1. The third-order valence-corrected chi connectivity index (χ3v) is 2.94. The zero-order valence-corrected chi connectivity index (χ0v) is 13.8. The van der Waals surface area contributed by atoms with Crippen LogP contribution in [0.5, 0.6) is 0 Å². The van der Waals surface area contributed by atoms with E-state index >= 15 is 0 Å². The number of nitrogens with zero attached hydrogens (tertiary/aromatic N) is 1. The number of ether oxygens (including phenoxy) is 1. The molecule has 8 heteroatoms. The number of hydrogen-bond donors (Lipinski definition) is 1. The Morgan fingerprint density at radius 2 is 1.78 bits per heavy atom. The molecule has 1 rings (SSSR count). The van der Waals surface area contributed by atoms with Crippen molar-refractivity contribution in [2.24, 2.45) is 10.9 Å². The molecule has 132 valence electrons. The van der Waals surface area contributed by atoms with E-state index in [4.69, 9.17) is 15.3 Å². The summed E-state index contributed by atoms with van der Waals surface area (Å²) >= 11 is 0. The lowest BCUT2D eigenvalue weighted by Gasteiger charge is -2.10. The van der Waals surface area contributed by atoms with Crippen LogP contribution in [0.3, 0.4) is 0 Å². The molecule has 4 nitrogen and oxygen atoms in total. The summed E-state index contributed by atoms with van der Waals surface area (Å²) in [4.78, 5) is 5.06. The van der Waals surface area contributed by atoms with Gasteiger partial charge in [0.2, 0.25) is 0 Å². The summed E-state index contributed by atoms with van der Waals surface area (Å²) in [7, 11) is 1.62. The first-order chi connectivity index (χ1) is 10.5. The van der Waals surface area contributed by atoms with Gasteiger partial charge in [0.05, 0.1) is 11.3 Å². The largest absolute Gasteiger partial charge is 0.416 e. The number of oxime groups is 1. The predicted octanol–water partition coefficient (Wildman–Crippen LogP) is 3.62. The van der Waals surface area contributed by atoms with Crippen molar-refractivity contribution in [1.29, 1.82) is 0 Å². The molecule has 0 aromatic heterocycles. The SMILES string of the molecule is COCCCC/C(=N/OCCN)c1ccc(C(F)(F)F)cc1.Cl. The molecular formula is C15H22ClF3N2O2. The molecule has 0 aliphatic rings. The Morgan fingerprint density at radius 3 is 2.30 bits per heavy atom. The van der Waals surface area contributed by atoms with Crippen molar-refractivity contribution >= 4 is 18.1 Å². The molecule has 0 aliphatic heterocycles. The summed E-state index contributed by atoms with van der Waals surface area (Å²) in [5.41, 5.74) is 5.87. The van der Waals surface area contributed by atoms with Gasteiger partial charge in [-0.05, 0) is 37.0 Å². The van der Waals surface area contributed by atoms with Crippen molar-refractivity contribution in [3.05, 3.63) is 35.4 Å². The minimum Gasteiger partial charge on any atom is -0.394 e. The molecule has 1 aromatic carbocycles. The molecule has 0 amide bonds. The van der Waals surface area contributed by atoms with E-state index < -0.39 is 11.7 Å². The number of hydrogen-bond acceptors (Lipinski definition) is 4. The molecule has 0 spiro atoms. The van der Waals surface area contributed by atoms with Crippen LogP contribution in [0.1, 0.15) is 30.4 Å². The van der Waals surface area contributed by atoms with Crippen LogP contribution in [0.25, 0.3) is 0 Å². The van der Waals surface area contributed by atoms with E-state index in [0.717, 1.165) is 25.0 Å². The summed E-state index contributed by atoms with van der Waals surface area (Å²) in [6, 6.07) is 4.90. The second-order valence-electron chi connectivity index (χ2n) is 4.68. The number of nitrogens with two attached hydrogens (primary N) is 1. The zero-order valence-electron chi connectivity index (χ0n) is 12.9. The molecule has 1 aromatic rings. The van der Waals surface area contributed by atoms with Crippen molar-refractivity contribution in [1.82, 2.24) is 0 Å². The second-order valence-corrected chi connectivity index (χ2v) is 4.68. The number of alkyl halides is 3. The molecule has 0 heterocycles. The van der Waals surface area contributed by atoms with E-state index in [-0.39, 0.29) is 19.0 Å². The summed E-state index contributed by atoms with van der Waals surface area (Å²) in [5, 5.41) is 3.99. The van der Waals surface area contributed by atoms with Gasteiger partial charge in [-0.15, -0.1) is 12.4 Å². The standard InChI is InChI=1S/C15H21F3N2O2.ClH/c1-21-10-3-2-4-14(20-22-11-9-19)12-5-7-13(8-6-12)15(16,17)18;/h5-8H,2-4,9-11,19H2,1H3;1H/b20-14-;. The second kappa shape index (κ2) is 11.3. The van der Waals surface area contributed by atoms with Crippen LogP contribution in [0.15, 0.2) is 29.4 Å². The van der Waals surface area contributed by atoms with Crippen molar-refractivity contribution in [3.63, 3.8) is 0 Å². The van der Waals surface area contributed by atoms with Crippen LogP contribution in [0.4, 0.5) is 13.2 Å². The predicted molar refractivity (Wildman–Crippen MR) is 86.0 cm³/mol. The van der Waals surface area contributed by atoms with E-state index in [9.17, 15) is 13.2 Å². The van der Waals surface area contributed by atoms with Crippen molar-refractivity contribution in [3.8, 4) is 0 Å². The fourth-order valence-corrected chi connectivity index (χ4v) is 1.81. The van der Waals surface area contributed by atoms with E-state index in [1.807, 2.05) is 0 Å². The van der Waals surface area contributed by atoms with Crippen LogP contribution in [0.2, 0.25) is 0 Å². The number of methoxy groups -OCH3 is 1. The topological polar surface area (TPSA) is 56.8 Å². The van der Waals surface area contributed by atoms with Crippen LogP contribution in [-0.2, 0) is 15.8 Å². The van der Waals surface area contributed by atoms with E-state index in [1.165, 1.54) is 12.1 Å². The Bertz CT molecular complexity index is 465. The average Bonchev–Trinajstić information content (AvgIpc) is 2.49. The maximum Gasteiger partial charge on any atom is 0.416 e. The summed E-state index contributed by atoms with van der Waals surface area (Å²) < 4.78 is 42.7. The molecule has 0 radical (unpaired) electrons. The third kappa shape index (κ3) is 8.20. The molecule has 0 fully saturated rings. The van der Waals surface area contributed by atoms with Crippen LogP contribution in [0, 0.1) is 0 Å². The molecule has 0 saturated heterocycles. The summed E-state index contributed by atoms with van der Waals surface area (Å²) in [6.07, 6.45) is -2.10. The van der Waals surface area contributed by atoms with Gasteiger partial charge in [-0.3, -0.25) is 0 Å². The smallest absolute Gasteiger partial charge is 0.394 e. The highest BCUT2D eigenvalue weighted by molar-refractivity contribution is 6.00. The molecular weight excluding hydrogens is 333 g/mol. The van der Waals surface area contributed by atoms with Gasteiger partial charge in [-0.2, -0.15) is 13.2 Å². The Labute approximate surface area is 140 Å². The number of rotatable bonds is 9. The van der Waals surface area contributed by atoms with Crippen LogP contribution in [-0.4, -0.2) is 32.6 Å². The quantitative estimate of drug-likeness (QED) is 0.418. The van der Waals surface area contributed by atoms with Gasteiger partial charge in [-0.25, -0.2) is 0 Å². The molecule has 23 heavy (non-hydrogen) atoms. The Hall–Kier alpha value is -1.31. The van der Waals surface area contributed by atoms with Gasteiger partial charge < -0.3 is 15.3 Å². The van der Waals surface area contributed by atoms with Gasteiger partial charge in [0, 0.05) is 20.3 Å². The summed E-state index contributed by atoms with van der Waals surface area (Å²) in [6.45, 7) is 1.22. The monoisotopic (exact) mass is 354 g/mol. The summed E-state index contributed by atoms with van der Waals surface area (Å²) in [5.74, 6) is 0. The van der Waals surface area contributed by atoms with Gasteiger partial charge in [0.1, 0.15) is 6.61 Å². The average molecular weight is 355 g/mol. The minimum absolute atomic E-state index is 0. The minimum atomic E-state index is -4.34. The molecule has 2 N–H and O–H groups in total. The number of halogens is 4. The molecule has 0 unspecified atom stereocenters. The van der Waals surface area contributed by atoms with Gasteiger partial charge >= 0.3 is 6.18 Å². The molecule has 0 bridgehead atoms. The Balaban J connectivity index is 0.00000484. The first-order valence-corrected chi connectivity index (χ1v) is 7.04. The Morgan fingerprint density at radius 1 is 1.13 bits per heavy atom. The highest BCUT2D eigenvalue weighted by Gasteiger charge is 2.30. The molecule has 0 aliphatic carbocycles. The normalized spacial score (nSPS) is 12.0. The van der Waals surface area contributed by atoms with Crippen LogP contribution >= 0.6 is 12.4 Å². The molecule has 0 saturated carbocycles. The van der Waals surface area contributed by atoms with E-state index in [1.54, 1.807) is 7.11 Å².